The van der Waals surface area contributed by atoms with Crippen LogP contribution < -0.4 is 5.32 Å². The molecule has 0 heterocycles. The van der Waals surface area contributed by atoms with Gasteiger partial charge in [0.05, 0.1) is 6.10 Å². The smallest absolute Gasteiger partial charge is 0.217 e. The first-order valence-corrected chi connectivity index (χ1v) is 8.82. The van der Waals surface area contributed by atoms with Crippen molar-refractivity contribution < 1.29 is 14.0 Å². The number of hydrogen-bond acceptors (Lipinski definition) is 3. The van der Waals surface area contributed by atoms with Crippen LogP contribution in [0.25, 0.3) is 0 Å². The van der Waals surface area contributed by atoms with Crippen molar-refractivity contribution in [2.45, 2.75) is 64.9 Å². The molecule has 0 fully saturated rings. The van der Waals surface area contributed by atoms with E-state index >= 15 is 0 Å². The third-order valence-corrected chi connectivity index (χ3v) is 7.88. The summed E-state index contributed by atoms with van der Waals surface area (Å²) in [5, 5.41) is 2.68. The zero-order valence-corrected chi connectivity index (χ0v) is 13.0. The summed E-state index contributed by atoms with van der Waals surface area (Å²) in [6, 6.07) is -0.568. The standard InChI is InChI=1S/C12H25NO3Si/c1-9(11(8-14)13-10(2)15)16-17(6,7)12(3,4)5/h8-9,11H,1-7H3,(H,13,15)/t9-,11-/m1/s1. The predicted octanol–water partition coefficient (Wildman–Crippen LogP) is 2.10. The molecule has 0 aromatic carbocycles. The Balaban J connectivity index is 4.66. The maximum Gasteiger partial charge on any atom is 0.217 e. The summed E-state index contributed by atoms with van der Waals surface area (Å²) in [6.45, 7) is 13.9. The van der Waals surface area contributed by atoms with Gasteiger partial charge in [0.25, 0.3) is 0 Å². The maximum atomic E-state index is 11.0. The van der Waals surface area contributed by atoms with E-state index in [1.807, 2.05) is 6.92 Å². The van der Waals surface area contributed by atoms with E-state index in [2.05, 4.69) is 39.2 Å². The molecule has 0 spiro atoms. The molecular weight excluding hydrogens is 234 g/mol. The lowest BCUT2D eigenvalue weighted by molar-refractivity contribution is -0.123. The van der Waals surface area contributed by atoms with Crippen molar-refractivity contribution in [1.82, 2.24) is 5.32 Å². The minimum atomic E-state index is -1.91. The fraction of sp³-hybridized carbons (Fsp3) is 0.833. The largest absolute Gasteiger partial charge is 0.412 e. The van der Waals surface area contributed by atoms with Crippen LogP contribution in [0, 0.1) is 0 Å². The van der Waals surface area contributed by atoms with Crippen LogP contribution in [0.2, 0.25) is 18.1 Å². The van der Waals surface area contributed by atoms with Gasteiger partial charge in [-0.2, -0.15) is 0 Å². The Morgan fingerprint density at radius 2 is 1.82 bits per heavy atom. The fourth-order valence-electron chi connectivity index (χ4n) is 1.21. The molecule has 0 aromatic heterocycles. The molecule has 0 aliphatic carbocycles. The average molecular weight is 259 g/mol. The first kappa shape index (κ1) is 16.3. The van der Waals surface area contributed by atoms with Gasteiger partial charge in [-0.05, 0) is 25.1 Å². The lowest BCUT2D eigenvalue weighted by Crippen LogP contribution is -2.51. The van der Waals surface area contributed by atoms with E-state index < -0.39 is 14.4 Å². The van der Waals surface area contributed by atoms with Gasteiger partial charge in [0, 0.05) is 6.92 Å². The highest BCUT2D eigenvalue weighted by Gasteiger charge is 2.39. The van der Waals surface area contributed by atoms with Crippen LogP contribution >= 0.6 is 0 Å². The van der Waals surface area contributed by atoms with E-state index in [0.29, 0.717) is 0 Å². The zero-order valence-electron chi connectivity index (χ0n) is 12.0. The minimum absolute atomic E-state index is 0.0882. The Morgan fingerprint density at radius 3 is 2.12 bits per heavy atom. The second-order valence-corrected chi connectivity index (χ2v) is 10.7. The molecule has 0 aliphatic rings. The molecule has 4 nitrogen and oxygen atoms in total. The number of amides is 1. The van der Waals surface area contributed by atoms with E-state index in [-0.39, 0.29) is 17.0 Å². The van der Waals surface area contributed by atoms with Crippen molar-refractivity contribution in [2.75, 3.05) is 0 Å². The highest BCUT2D eigenvalue weighted by Crippen LogP contribution is 2.37. The van der Waals surface area contributed by atoms with E-state index in [0.717, 1.165) is 6.29 Å². The molecule has 0 unspecified atom stereocenters. The van der Waals surface area contributed by atoms with Gasteiger partial charge >= 0.3 is 0 Å². The van der Waals surface area contributed by atoms with Gasteiger partial charge < -0.3 is 14.5 Å². The Labute approximate surface area is 105 Å². The maximum absolute atomic E-state index is 11.0. The molecule has 100 valence electrons. The lowest BCUT2D eigenvalue weighted by atomic mass is 10.2. The second kappa shape index (κ2) is 5.77. The number of carbonyl (C=O) groups excluding carboxylic acids is 2. The van der Waals surface area contributed by atoms with Gasteiger partial charge in [0.2, 0.25) is 5.91 Å². The molecule has 1 amide bonds. The topological polar surface area (TPSA) is 55.4 Å². The molecule has 0 bridgehead atoms. The Bertz CT molecular complexity index is 284. The highest BCUT2D eigenvalue weighted by atomic mass is 28.4. The molecule has 17 heavy (non-hydrogen) atoms. The molecule has 2 atom stereocenters. The minimum Gasteiger partial charge on any atom is -0.412 e. The van der Waals surface area contributed by atoms with Crippen molar-refractivity contribution in [3.05, 3.63) is 0 Å². The predicted molar refractivity (Wildman–Crippen MR) is 71.4 cm³/mol. The SMILES string of the molecule is CC(=O)N[C@H](C=O)[C@@H](C)O[Si](C)(C)C(C)(C)C. The van der Waals surface area contributed by atoms with Gasteiger partial charge in [-0.15, -0.1) is 0 Å². The molecule has 0 aromatic rings. The van der Waals surface area contributed by atoms with Crippen LogP contribution in [-0.2, 0) is 14.0 Å². The van der Waals surface area contributed by atoms with Crippen LogP contribution in [-0.4, -0.2) is 32.7 Å². The third-order valence-electron chi connectivity index (χ3n) is 3.31. The quantitative estimate of drug-likeness (QED) is 0.607. The molecule has 0 radical (unpaired) electrons. The van der Waals surface area contributed by atoms with E-state index in [1.54, 1.807) is 0 Å². The van der Waals surface area contributed by atoms with E-state index in [9.17, 15) is 9.59 Å². The van der Waals surface area contributed by atoms with Gasteiger partial charge in [-0.3, -0.25) is 4.79 Å². The summed E-state index contributed by atoms with van der Waals surface area (Å²) < 4.78 is 6.05. The molecule has 0 saturated heterocycles. The van der Waals surface area contributed by atoms with Crippen LogP contribution in [0.4, 0.5) is 0 Å². The summed E-state index contributed by atoms with van der Waals surface area (Å²) in [4.78, 5) is 21.9. The summed E-state index contributed by atoms with van der Waals surface area (Å²) >= 11 is 0. The molecule has 1 N–H and O–H groups in total. The Hall–Kier alpha value is -0.683. The van der Waals surface area contributed by atoms with E-state index in [4.69, 9.17) is 4.43 Å². The third kappa shape index (κ3) is 5.00. The Kier molecular flexibility index (Phi) is 5.54. The summed E-state index contributed by atoms with van der Waals surface area (Å²) in [7, 11) is -1.91. The summed E-state index contributed by atoms with van der Waals surface area (Å²) in [5.74, 6) is -0.215. The van der Waals surface area contributed by atoms with Gasteiger partial charge in [-0.1, -0.05) is 20.8 Å². The van der Waals surface area contributed by atoms with Crippen molar-refractivity contribution in [3.8, 4) is 0 Å². The summed E-state index contributed by atoms with van der Waals surface area (Å²) in [6.07, 6.45) is 0.441. The molecular formula is C12H25NO3Si. The fourth-order valence-corrected chi connectivity index (χ4v) is 2.64. The van der Waals surface area contributed by atoms with Gasteiger partial charge in [0.15, 0.2) is 8.32 Å². The average Bonchev–Trinajstić information content (AvgIpc) is 2.10. The first-order valence-electron chi connectivity index (χ1n) is 5.91. The van der Waals surface area contributed by atoms with Crippen molar-refractivity contribution in [1.29, 1.82) is 0 Å². The highest BCUT2D eigenvalue weighted by molar-refractivity contribution is 6.74. The van der Waals surface area contributed by atoms with Crippen molar-refractivity contribution in [3.63, 3.8) is 0 Å². The lowest BCUT2D eigenvalue weighted by Gasteiger charge is -2.39. The van der Waals surface area contributed by atoms with Crippen molar-refractivity contribution in [2.24, 2.45) is 0 Å². The van der Waals surface area contributed by atoms with Gasteiger partial charge in [0.1, 0.15) is 12.3 Å². The Morgan fingerprint density at radius 1 is 1.35 bits per heavy atom. The van der Waals surface area contributed by atoms with E-state index in [1.165, 1.54) is 6.92 Å². The molecule has 5 heteroatoms. The summed E-state index contributed by atoms with van der Waals surface area (Å²) in [5.41, 5.74) is 0. The number of aldehydes is 1. The number of rotatable bonds is 5. The number of carbonyl (C=O) groups is 2. The van der Waals surface area contributed by atoms with Crippen molar-refractivity contribution >= 4 is 20.5 Å². The molecule has 0 rings (SSSR count). The number of hydrogen-bond donors (Lipinski definition) is 1. The van der Waals surface area contributed by atoms with Crippen LogP contribution in [0.5, 0.6) is 0 Å². The van der Waals surface area contributed by atoms with Gasteiger partial charge in [-0.25, -0.2) is 0 Å². The second-order valence-electron chi connectivity index (χ2n) is 5.95. The number of nitrogens with one attached hydrogen (secondary N) is 1. The zero-order chi connectivity index (χ0) is 13.9. The van der Waals surface area contributed by atoms with Crippen LogP contribution in [0.3, 0.4) is 0 Å². The van der Waals surface area contributed by atoms with Crippen LogP contribution in [0.15, 0.2) is 0 Å². The molecule has 0 saturated carbocycles. The monoisotopic (exact) mass is 259 g/mol. The first-order chi connectivity index (χ1) is 7.51. The van der Waals surface area contributed by atoms with Crippen LogP contribution in [0.1, 0.15) is 34.6 Å². The normalized spacial score (nSPS) is 16.2. The molecule has 0 aliphatic heterocycles.